The van der Waals surface area contributed by atoms with E-state index in [1.807, 2.05) is 7.05 Å². The third-order valence-electron chi connectivity index (χ3n) is 3.28. The number of halogens is 1. The van der Waals surface area contributed by atoms with Crippen molar-refractivity contribution in [3.8, 4) is 0 Å². The fraction of sp³-hybridized carbons (Fsp3) is 0.750. The van der Waals surface area contributed by atoms with Crippen molar-refractivity contribution in [3.05, 3.63) is 16.4 Å². The van der Waals surface area contributed by atoms with Gasteiger partial charge in [0.1, 0.15) is 5.15 Å². The Morgan fingerprint density at radius 1 is 1.53 bits per heavy atom. The second-order valence-electron chi connectivity index (χ2n) is 5.11. The average molecular weight is 258 g/mol. The van der Waals surface area contributed by atoms with Gasteiger partial charge >= 0.3 is 0 Å². The molecule has 1 atom stereocenters. The first-order valence-electron chi connectivity index (χ1n) is 6.10. The van der Waals surface area contributed by atoms with Crippen molar-refractivity contribution in [3.63, 3.8) is 0 Å². The third-order valence-corrected chi connectivity index (χ3v) is 3.75. The van der Waals surface area contributed by atoms with E-state index >= 15 is 0 Å². The number of aromatic nitrogens is 2. The second kappa shape index (κ2) is 4.96. The van der Waals surface area contributed by atoms with Gasteiger partial charge in [-0.3, -0.25) is 9.58 Å². The van der Waals surface area contributed by atoms with E-state index in [0.717, 1.165) is 42.5 Å². The normalized spacial score (nSPS) is 21.6. The highest BCUT2D eigenvalue weighted by atomic mass is 35.5. The zero-order valence-corrected chi connectivity index (χ0v) is 11.4. The number of nitrogens with zero attached hydrogens (tertiary/aromatic N) is 3. The molecule has 1 aliphatic rings. The number of aliphatic hydroxyl groups is 1. The standard InChI is InChI=1S/C12H20ClN3O/c1-8(2)11-10(12(13)15(3)14-11)7-16-5-4-9(17)6-16/h8-9,17H,4-7H2,1-3H3/t9-/m1/s1. The summed E-state index contributed by atoms with van der Waals surface area (Å²) in [5, 5.41) is 14.7. The molecule has 1 saturated heterocycles. The lowest BCUT2D eigenvalue weighted by Gasteiger charge is -2.15. The van der Waals surface area contributed by atoms with Gasteiger partial charge in [-0.05, 0) is 12.3 Å². The summed E-state index contributed by atoms with van der Waals surface area (Å²) in [5.41, 5.74) is 2.18. The van der Waals surface area contributed by atoms with Crippen LogP contribution in [-0.2, 0) is 13.6 Å². The Hall–Kier alpha value is -0.580. The van der Waals surface area contributed by atoms with Crippen LogP contribution in [0, 0.1) is 0 Å². The Morgan fingerprint density at radius 2 is 2.24 bits per heavy atom. The molecule has 0 aliphatic carbocycles. The summed E-state index contributed by atoms with van der Waals surface area (Å²) in [7, 11) is 1.87. The summed E-state index contributed by atoms with van der Waals surface area (Å²) < 4.78 is 1.73. The number of aryl methyl sites for hydroxylation is 1. The van der Waals surface area contributed by atoms with Crippen LogP contribution in [0.15, 0.2) is 0 Å². The monoisotopic (exact) mass is 257 g/mol. The van der Waals surface area contributed by atoms with Crippen molar-refractivity contribution in [2.45, 2.75) is 38.8 Å². The molecule has 0 bridgehead atoms. The summed E-state index contributed by atoms with van der Waals surface area (Å²) in [6.45, 7) is 6.71. The Labute approximate surface area is 107 Å². The Kier molecular flexibility index (Phi) is 3.76. The van der Waals surface area contributed by atoms with E-state index in [0.29, 0.717) is 5.92 Å². The number of hydrogen-bond acceptors (Lipinski definition) is 3. The van der Waals surface area contributed by atoms with Gasteiger partial charge < -0.3 is 5.11 Å². The van der Waals surface area contributed by atoms with Crippen LogP contribution in [0.2, 0.25) is 5.15 Å². The Bertz CT molecular complexity index is 403. The summed E-state index contributed by atoms with van der Waals surface area (Å²) in [4.78, 5) is 2.24. The van der Waals surface area contributed by atoms with Crippen LogP contribution >= 0.6 is 11.6 Å². The van der Waals surface area contributed by atoms with Gasteiger partial charge in [0.15, 0.2) is 0 Å². The Balaban J connectivity index is 2.19. The molecule has 1 N–H and O–H groups in total. The van der Waals surface area contributed by atoms with E-state index in [4.69, 9.17) is 11.6 Å². The van der Waals surface area contributed by atoms with E-state index in [-0.39, 0.29) is 6.10 Å². The predicted molar refractivity (Wildman–Crippen MR) is 68.2 cm³/mol. The van der Waals surface area contributed by atoms with E-state index in [1.54, 1.807) is 4.68 Å². The second-order valence-corrected chi connectivity index (χ2v) is 5.47. The van der Waals surface area contributed by atoms with Crippen LogP contribution in [0.25, 0.3) is 0 Å². The molecule has 1 aromatic heterocycles. The third kappa shape index (κ3) is 2.64. The number of hydrogen-bond donors (Lipinski definition) is 1. The zero-order chi connectivity index (χ0) is 12.6. The summed E-state index contributed by atoms with van der Waals surface area (Å²) in [6.07, 6.45) is 0.669. The molecule has 0 spiro atoms. The molecule has 0 saturated carbocycles. The molecule has 0 unspecified atom stereocenters. The highest BCUT2D eigenvalue weighted by Crippen LogP contribution is 2.27. The van der Waals surface area contributed by atoms with Crippen LogP contribution in [0.1, 0.15) is 37.4 Å². The van der Waals surface area contributed by atoms with Gasteiger partial charge in [0, 0.05) is 32.2 Å². The number of likely N-dealkylation sites (tertiary alicyclic amines) is 1. The first-order chi connectivity index (χ1) is 7.99. The number of β-amino-alcohol motifs (C(OH)–C–C–N with tert-alkyl or cyclic N) is 1. The van der Waals surface area contributed by atoms with E-state index in [9.17, 15) is 5.11 Å². The van der Waals surface area contributed by atoms with Crippen molar-refractivity contribution >= 4 is 11.6 Å². The fourth-order valence-electron chi connectivity index (χ4n) is 2.36. The van der Waals surface area contributed by atoms with E-state index in [2.05, 4.69) is 23.8 Å². The zero-order valence-electron chi connectivity index (χ0n) is 10.6. The van der Waals surface area contributed by atoms with Gasteiger partial charge in [0.25, 0.3) is 0 Å². The molecule has 1 aliphatic heterocycles. The quantitative estimate of drug-likeness (QED) is 0.897. The molecule has 2 rings (SSSR count). The number of rotatable bonds is 3. The van der Waals surface area contributed by atoms with Crippen molar-refractivity contribution in [2.24, 2.45) is 7.05 Å². The van der Waals surface area contributed by atoms with Gasteiger partial charge in [-0.25, -0.2) is 0 Å². The first kappa shape index (κ1) is 12.9. The average Bonchev–Trinajstić information content (AvgIpc) is 2.77. The molecule has 4 nitrogen and oxygen atoms in total. The van der Waals surface area contributed by atoms with Crippen LogP contribution in [0.4, 0.5) is 0 Å². The Morgan fingerprint density at radius 3 is 2.76 bits per heavy atom. The van der Waals surface area contributed by atoms with E-state index in [1.165, 1.54) is 0 Å². The maximum absolute atomic E-state index is 9.54. The van der Waals surface area contributed by atoms with Crippen molar-refractivity contribution in [1.29, 1.82) is 0 Å². The maximum atomic E-state index is 9.54. The number of aliphatic hydroxyl groups excluding tert-OH is 1. The van der Waals surface area contributed by atoms with Crippen LogP contribution < -0.4 is 0 Å². The highest BCUT2D eigenvalue weighted by molar-refractivity contribution is 6.30. The topological polar surface area (TPSA) is 41.3 Å². The molecule has 0 radical (unpaired) electrons. The lowest BCUT2D eigenvalue weighted by Crippen LogP contribution is -2.22. The smallest absolute Gasteiger partial charge is 0.131 e. The summed E-state index contributed by atoms with van der Waals surface area (Å²) in [6, 6.07) is 0. The van der Waals surface area contributed by atoms with Crippen molar-refractivity contribution in [1.82, 2.24) is 14.7 Å². The molecular formula is C12H20ClN3O. The molecule has 17 heavy (non-hydrogen) atoms. The van der Waals surface area contributed by atoms with Crippen molar-refractivity contribution < 1.29 is 5.11 Å². The molecule has 1 fully saturated rings. The van der Waals surface area contributed by atoms with E-state index < -0.39 is 0 Å². The molecular weight excluding hydrogens is 238 g/mol. The molecule has 2 heterocycles. The lowest BCUT2D eigenvalue weighted by atomic mass is 10.1. The molecule has 1 aromatic rings. The fourth-order valence-corrected chi connectivity index (χ4v) is 2.55. The molecule has 5 heteroatoms. The highest BCUT2D eigenvalue weighted by Gasteiger charge is 2.24. The van der Waals surface area contributed by atoms with Crippen molar-refractivity contribution in [2.75, 3.05) is 13.1 Å². The van der Waals surface area contributed by atoms with Crippen LogP contribution in [0.5, 0.6) is 0 Å². The minimum Gasteiger partial charge on any atom is -0.392 e. The molecule has 0 aromatic carbocycles. The maximum Gasteiger partial charge on any atom is 0.131 e. The van der Waals surface area contributed by atoms with Crippen LogP contribution in [0.3, 0.4) is 0 Å². The SMILES string of the molecule is CC(C)c1nn(C)c(Cl)c1CN1CC[C@@H](O)C1. The minimum atomic E-state index is -0.187. The van der Waals surface area contributed by atoms with Gasteiger partial charge in [0.2, 0.25) is 0 Å². The lowest BCUT2D eigenvalue weighted by molar-refractivity contribution is 0.174. The summed E-state index contributed by atoms with van der Waals surface area (Å²) in [5.74, 6) is 0.372. The largest absolute Gasteiger partial charge is 0.392 e. The van der Waals surface area contributed by atoms with Gasteiger partial charge in [0.05, 0.1) is 11.8 Å². The minimum absolute atomic E-state index is 0.187. The predicted octanol–water partition coefficient (Wildman–Crippen LogP) is 1.76. The first-order valence-corrected chi connectivity index (χ1v) is 6.48. The molecule has 96 valence electrons. The molecule has 0 amide bonds. The summed E-state index contributed by atoms with van der Waals surface area (Å²) >= 11 is 6.28. The van der Waals surface area contributed by atoms with Gasteiger partial charge in [-0.2, -0.15) is 5.10 Å². The van der Waals surface area contributed by atoms with Gasteiger partial charge in [-0.15, -0.1) is 0 Å². The van der Waals surface area contributed by atoms with Gasteiger partial charge in [-0.1, -0.05) is 25.4 Å². The van der Waals surface area contributed by atoms with Crippen LogP contribution in [-0.4, -0.2) is 39.0 Å².